The van der Waals surface area contributed by atoms with Crippen molar-refractivity contribution in [3.63, 3.8) is 0 Å². The number of aromatic nitrogens is 2. The van der Waals surface area contributed by atoms with Crippen LogP contribution in [0.2, 0.25) is 0 Å². The number of halogens is 1. The van der Waals surface area contributed by atoms with E-state index in [9.17, 15) is 9.18 Å². The lowest BCUT2D eigenvalue weighted by molar-refractivity contribution is 0.00819. The van der Waals surface area contributed by atoms with E-state index in [2.05, 4.69) is 17.2 Å². The molecule has 0 bridgehead atoms. The zero-order valence-corrected chi connectivity index (χ0v) is 14.9. The molecule has 1 amide bonds. The predicted octanol–water partition coefficient (Wildman–Crippen LogP) is 3.85. The zero-order chi connectivity index (χ0) is 18.0. The second kappa shape index (κ2) is 6.86. The van der Waals surface area contributed by atoms with E-state index in [4.69, 9.17) is 4.74 Å². The van der Waals surface area contributed by atoms with Gasteiger partial charge < -0.3 is 9.64 Å². The maximum Gasteiger partial charge on any atom is 0.410 e. The second-order valence-electron chi connectivity index (χ2n) is 7.33. The van der Waals surface area contributed by atoms with Crippen molar-refractivity contribution in [2.24, 2.45) is 0 Å². The Morgan fingerprint density at radius 2 is 1.92 bits per heavy atom. The minimum absolute atomic E-state index is 0.254. The number of carbonyl (C=O) groups excluding carboxylic acids is 1. The first-order valence-corrected chi connectivity index (χ1v) is 8.53. The fraction of sp³-hybridized carbons (Fsp3) is 0.474. The maximum atomic E-state index is 12.6. The quantitative estimate of drug-likeness (QED) is 0.845. The first-order chi connectivity index (χ1) is 11.9. The van der Waals surface area contributed by atoms with Crippen LogP contribution in [0.15, 0.2) is 36.5 Å². The summed E-state index contributed by atoms with van der Waals surface area (Å²) in [4.78, 5) is 13.7. The third kappa shape index (κ3) is 4.00. The Labute approximate surface area is 147 Å². The number of rotatable bonds is 4. The summed E-state index contributed by atoms with van der Waals surface area (Å²) in [5.41, 5.74) is 2.65. The molecule has 5 nitrogen and oxygen atoms in total. The molecule has 3 rings (SSSR count). The normalized spacial score (nSPS) is 15.1. The monoisotopic (exact) mass is 345 g/mol. The Balaban J connectivity index is 1.61. The molecule has 0 unspecified atom stereocenters. The van der Waals surface area contributed by atoms with Gasteiger partial charge in [-0.1, -0.05) is 24.3 Å². The highest BCUT2D eigenvalue weighted by atomic mass is 19.1. The van der Waals surface area contributed by atoms with Gasteiger partial charge in [0.2, 0.25) is 0 Å². The van der Waals surface area contributed by atoms with Gasteiger partial charge in [-0.25, -0.2) is 9.18 Å². The minimum Gasteiger partial charge on any atom is -0.444 e. The van der Waals surface area contributed by atoms with E-state index in [-0.39, 0.29) is 12.6 Å². The van der Waals surface area contributed by atoms with E-state index in [0.29, 0.717) is 19.0 Å². The number of aryl methyl sites for hydroxylation is 1. The summed E-state index contributed by atoms with van der Waals surface area (Å²) in [6.07, 6.45) is 1.43. The molecule has 1 aliphatic rings. The lowest BCUT2D eigenvalue weighted by atomic mass is 9.91. The summed E-state index contributed by atoms with van der Waals surface area (Å²) in [6, 6.07) is 10.1. The largest absolute Gasteiger partial charge is 0.444 e. The molecule has 2 heterocycles. The molecule has 0 saturated carbocycles. The first kappa shape index (κ1) is 17.5. The van der Waals surface area contributed by atoms with E-state index in [1.165, 1.54) is 5.56 Å². The molecule has 0 spiro atoms. The lowest BCUT2D eigenvalue weighted by Crippen LogP contribution is -2.50. The Kier molecular flexibility index (Phi) is 4.79. The van der Waals surface area contributed by atoms with Crippen LogP contribution in [0.25, 0.3) is 11.3 Å². The number of hydrogen-bond acceptors (Lipinski definition) is 3. The van der Waals surface area contributed by atoms with Gasteiger partial charge in [-0.2, -0.15) is 5.10 Å². The minimum atomic E-state index is -0.466. The van der Waals surface area contributed by atoms with E-state index in [1.54, 1.807) is 15.8 Å². The number of carbonyl (C=O) groups is 1. The summed E-state index contributed by atoms with van der Waals surface area (Å²) < 4.78 is 19.6. The fourth-order valence-electron chi connectivity index (χ4n) is 2.93. The van der Waals surface area contributed by atoms with Crippen LogP contribution in [-0.2, 0) is 11.3 Å². The fourth-order valence-corrected chi connectivity index (χ4v) is 2.93. The van der Waals surface area contributed by atoms with E-state index < -0.39 is 12.3 Å². The van der Waals surface area contributed by atoms with Crippen LogP contribution in [0.1, 0.15) is 32.3 Å². The molecule has 1 aliphatic heterocycles. The summed E-state index contributed by atoms with van der Waals surface area (Å²) >= 11 is 0. The lowest BCUT2D eigenvalue weighted by Gasteiger charge is -2.40. The molecule has 1 fully saturated rings. The number of alkyl halides is 1. The van der Waals surface area contributed by atoms with Gasteiger partial charge in [0, 0.05) is 25.2 Å². The van der Waals surface area contributed by atoms with Gasteiger partial charge in [0.25, 0.3) is 0 Å². The number of benzene rings is 1. The van der Waals surface area contributed by atoms with Gasteiger partial charge in [0.05, 0.1) is 12.2 Å². The summed E-state index contributed by atoms with van der Waals surface area (Å²) in [7, 11) is 0. The van der Waals surface area contributed by atoms with Gasteiger partial charge in [-0.3, -0.25) is 4.68 Å². The maximum absolute atomic E-state index is 12.6. The molecule has 1 aromatic heterocycles. The van der Waals surface area contributed by atoms with Crippen molar-refractivity contribution < 1.29 is 13.9 Å². The average molecular weight is 345 g/mol. The highest BCUT2D eigenvalue weighted by Gasteiger charge is 2.34. The van der Waals surface area contributed by atoms with Crippen LogP contribution >= 0.6 is 0 Å². The number of hydrogen-bond donors (Lipinski definition) is 0. The zero-order valence-electron chi connectivity index (χ0n) is 14.9. The average Bonchev–Trinajstić information content (AvgIpc) is 2.93. The van der Waals surface area contributed by atoms with E-state index in [1.807, 2.05) is 39.0 Å². The van der Waals surface area contributed by atoms with Crippen molar-refractivity contribution in [1.29, 1.82) is 0 Å². The Morgan fingerprint density at radius 3 is 2.52 bits per heavy atom. The van der Waals surface area contributed by atoms with Crippen LogP contribution in [0.3, 0.4) is 0 Å². The second-order valence-corrected chi connectivity index (χ2v) is 7.33. The van der Waals surface area contributed by atoms with Crippen molar-refractivity contribution in [1.82, 2.24) is 14.7 Å². The van der Waals surface area contributed by atoms with E-state index in [0.717, 1.165) is 11.3 Å². The molecule has 2 aromatic rings. The number of nitrogens with zero attached hydrogens (tertiary/aromatic N) is 3. The van der Waals surface area contributed by atoms with E-state index >= 15 is 0 Å². The number of amides is 1. The summed E-state index contributed by atoms with van der Waals surface area (Å²) in [5.74, 6) is 0.331. The molecule has 0 aliphatic carbocycles. The third-order valence-electron chi connectivity index (χ3n) is 4.22. The van der Waals surface area contributed by atoms with Gasteiger partial charge in [0.15, 0.2) is 0 Å². The van der Waals surface area contributed by atoms with Crippen molar-refractivity contribution in [2.45, 2.75) is 38.8 Å². The highest BCUT2D eigenvalue weighted by molar-refractivity contribution is 5.69. The number of ether oxygens (including phenoxy) is 1. The molecule has 0 radical (unpaired) electrons. The molecule has 1 saturated heterocycles. The molecule has 25 heavy (non-hydrogen) atoms. The molecule has 6 heteroatoms. The molecule has 134 valence electrons. The molecular weight excluding hydrogens is 321 g/mol. The molecular formula is C19H24FN3O2. The van der Waals surface area contributed by atoms with Gasteiger partial charge in [0.1, 0.15) is 12.3 Å². The van der Waals surface area contributed by atoms with Crippen molar-refractivity contribution in [3.05, 3.63) is 42.1 Å². The molecule has 1 aromatic carbocycles. The predicted molar refractivity (Wildman–Crippen MR) is 94.2 cm³/mol. The number of likely N-dealkylation sites (tertiary alicyclic amines) is 1. The van der Waals surface area contributed by atoms with Crippen LogP contribution in [-0.4, -0.2) is 46.1 Å². The topological polar surface area (TPSA) is 47.4 Å². The van der Waals surface area contributed by atoms with Gasteiger partial charge in [-0.05, 0) is 38.0 Å². The van der Waals surface area contributed by atoms with Gasteiger partial charge in [-0.15, -0.1) is 0 Å². The van der Waals surface area contributed by atoms with Crippen LogP contribution in [0, 0.1) is 0 Å². The van der Waals surface area contributed by atoms with Crippen LogP contribution in [0.4, 0.5) is 9.18 Å². The van der Waals surface area contributed by atoms with Crippen molar-refractivity contribution >= 4 is 6.09 Å². The Bertz CT molecular complexity index is 728. The smallest absolute Gasteiger partial charge is 0.410 e. The van der Waals surface area contributed by atoms with Crippen molar-refractivity contribution in [3.8, 4) is 11.3 Å². The van der Waals surface area contributed by atoms with Crippen molar-refractivity contribution in [2.75, 3.05) is 19.8 Å². The molecule has 0 atom stereocenters. The SMILES string of the molecule is CC(C)(C)OC(=O)N1CC(c2ccc(-c3ccnn3CCF)cc2)C1. The standard InChI is InChI=1S/C19H24FN3O2/c1-19(2,3)25-18(24)22-12-16(13-22)14-4-6-15(7-5-14)17-8-10-21-23(17)11-9-20/h4-8,10,16H,9,11-13H2,1-3H3. The first-order valence-electron chi connectivity index (χ1n) is 8.53. The summed E-state index contributed by atoms with van der Waals surface area (Å²) in [5, 5.41) is 4.14. The third-order valence-corrected chi connectivity index (χ3v) is 4.22. The summed E-state index contributed by atoms with van der Waals surface area (Å²) in [6.45, 7) is 6.78. The van der Waals surface area contributed by atoms with Crippen LogP contribution < -0.4 is 0 Å². The highest BCUT2D eigenvalue weighted by Crippen LogP contribution is 2.30. The Morgan fingerprint density at radius 1 is 1.24 bits per heavy atom. The van der Waals surface area contributed by atoms with Gasteiger partial charge >= 0.3 is 6.09 Å². The Hall–Kier alpha value is -2.37. The van der Waals surface area contributed by atoms with Crippen LogP contribution in [0.5, 0.6) is 0 Å². The molecule has 0 N–H and O–H groups in total.